The number of methoxy groups -OCH3 is 2. The van der Waals surface area contributed by atoms with Crippen LogP contribution in [0.3, 0.4) is 0 Å². The number of hydrogen-bond acceptors (Lipinski definition) is 8. The van der Waals surface area contributed by atoms with Gasteiger partial charge < -0.3 is 9.47 Å². The van der Waals surface area contributed by atoms with Crippen molar-refractivity contribution in [2.75, 3.05) is 20.0 Å². The summed E-state index contributed by atoms with van der Waals surface area (Å²) in [5.74, 6) is 1.07. The number of benzene rings is 3. The molecule has 4 aromatic rings. The second-order valence-corrected chi connectivity index (χ2v) is 7.50. The number of amides is 1. The third-order valence-electron chi connectivity index (χ3n) is 4.60. The minimum Gasteiger partial charge on any atom is -0.497 e. The van der Waals surface area contributed by atoms with Crippen LogP contribution in [0.25, 0.3) is 16.5 Å². The summed E-state index contributed by atoms with van der Waals surface area (Å²) in [5, 5.41) is 18.6. The van der Waals surface area contributed by atoms with Crippen molar-refractivity contribution in [3.05, 3.63) is 66.2 Å². The van der Waals surface area contributed by atoms with E-state index >= 15 is 0 Å². The number of ether oxygens (including phenoxy) is 2. The Hall–Kier alpha value is -3.92. The number of hydrazone groups is 1. The number of thioether (sulfide) groups is 1. The highest BCUT2D eigenvalue weighted by molar-refractivity contribution is 7.99. The molecule has 0 spiro atoms. The van der Waals surface area contributed by atoms with Gasteiger partial charge in [0.15, 0.2) is 0 Å². The third kappa shape index (κ3) is 4.70. The van der Waals surface area contributed by atoms with E-state index in [4.69, 9.17) is 9.47 Å². The predicted octanol–water partition coefficient (Wildman–Crippen LogP) is 3.08. The van der Waals surface area contributed by atoms with Gasteiger partial charge in [-0.2, -0.15) is 9.78 Å². The summed E-state index contributed by atoms with van der Waals surface area (Å²) >= 11 is 1.22. The molecule has 0 radical (unpaired) electrons. The molecule has 3 aromatic carbocycles. The number of aromatic nitrogens is 4. The number of tetrazole rings is 1. The summed E-state index contributed by atoms with van der Waals surface area (Å²) in [4.78, 5) is 12.3. The zero-order valence-corrected chi connectivity index (χ0v) is 18.2. The standard InChI is InChI=1S/C22H20N6O3S/c1-30-17-11-10-16(20(12-17)31-2)13-23-24-21(29)14-32-22-25-26-27-28(22)19-9-5-7-15-6-3-4-8-18(15)19/h3-13H,14H2,1-2H3,(H,24,29)/b23-13+. The summed E-state index contributed by atoms with van der Waals surface area (Å²) in [6.45, 7) is 0. The highest BCUT2D eigenvalue weighted by Gasteiger charge is 2.13. The Morgan fingerprint density at radius 3 is 2.81 bits per heavy atom. The Labute approximate surface area is 188 Å². The van der Waals surface area contributed by atoms with Crippen molar-refractivity contribution in [2.45, 2.75) is 5.16 Å². The summed E-state index contributed by atoms with van der Waals surface area (Å²) < 4.78 is 12.1. The lowest BCUT2D eigenvalue weighted by atomic mass is 10.1. The van der Waals surface area contributed by atoms with Gasteiger partial charge in [0, 0.05) is 17.0 Å². The first-order valence-corrected chi connectivity index (χ1v) is 10.6. The molecule has 32 heavy (non-hydrogen) atoms. The number of nitrogens with zero attached hydrogens (tertiary/aromatic N) is 5. The van der Waals surface area contributed by atoms with Gasteiger partial charge >= 0.3 is 0 Å². The summed E-state index contributed by atoms with van der Waals surface area (Å²) in [5.41, 5.74) is 4.06. The molecular weight excluding hydrogens is 428 g/mol. The molecule has 4 rings (SSSR count). The number of carbonyl (C=O) groups is 1. The second kappa shape index (κ2) is 9.92. The van der Waals surface area contributed by atoms with Gasteiger partial charge in [-0.05, 0) is 34.0 Å². The molecule has 1 amide bonds. The molecule has 0 fully saturated rings. The van der Waals surface area contributed by atoms with Gasteiger partial charge in [-0.3, -0.25) is 4.79 Å². The van der Waals surface area contributed by atoms with E-state index < -0.39 is 0 Å². The third-order valence-corrected chi connectivity index (χ3v) is 5.52. The van der Waals surface area contributed by atoms with E-state index in [2.05, 4.69) is 26.1 Å². The number of rotatable bonds is 8. The molecule has 1 aromatic heterocycles. The van der Waals surface area contributed by atoms with Crippen molar-refractivity contribution < 1.29 is 14.3 Å². The molecular formula is C22H20N6O3S. The Bertz CT molecular complexity index is 1270. The zero-order chi connectivity index (χ0) is 22.3. The monoisotopic (exact) mass is 448 g/mol. The number of fused-ring (bicyclic) bond motifs is 1. The van der Waals surface area contributed by atoms with E-state index in [1.165, 1.54) is 18.0 Å². The molecule has 9 nitrogen and oxygen atoms in total. The molecule has 0 saturated heterocycles. The zero-order valence-electron chi connectivity index (χ0n) is 17.4. The minimum atomic E-state index is -0.286. The highest BCUT2D eigenvalue weighted by Crippen LogP contribution is 2.25. The molecule has 0 aliphatic rings. The summed E-state index contributed by atoms with van der Waals surface area (Å²) in [6, 6.07) is 19.2. The van der Waals surface area contributed by atoms with E-state index in [-0.39, 0.29) is 11.7 Å². The van der Waals surface area contributed by atoms with Crippen LogP contribution in [0.1, 0.15) is 5.56 Å². The van der Waals surface area contributed by atoms with E-state index in [0.29, 0.717) is 22.2 Å². The van der Waals surface area contributed by atoms with Gasteiger partial charge in [0.05, 0.1) is 31.9 Å². The smallest absolute Gasteiger partial charge is 0.250 e. The summed E-state index contributed by atoms with van der Waals surface area (Å²) in [6.07, 6.45) is 1.51. The van der Waals surface area contributed by atoms with Crippen LogP contribution in [0.4, 0.5) is 0 Å². The van der Waals surface area contributed by atoms with Gasteiger partial charge in [-0.15, -0.1) is 5.10 Å². The molecule has 0 aliphatic carbocycles. The highest BCUT2D eigenvalue weighted by atomic mass is 32.2. The molecule has 10 heteroatoms. The fourth-order valence-electron chi connectivity index (χ4n) is 3.07. The fraction of sp³-hybridized carbons (Fsp3) is 0.136. The SMILES string of the molecule is COc1ccc(/C=N/NC(=O)CSc2nnnn2-c2cccc3ccccc23)c(OC)c1. The Morgan fingerprint density at radius 1 is 1.12 bits per heavy atom. The lowest BCUT2D eigenvalue weighted by Gasteiger charge is -2.08. The molecule has 0 bridgehead atoms. The van der Waals surface area contributed by atoms with Crippen molar-refractivity contribution in [1.82, 2.24) is 25.6 Å². The molecule has 0 aliphatic heterocycles. The maximum absolute atomic E-state index is 12.3. The average Bonchev–Trinajstić information content (AvgIpc) is 3.31. The van der Waals surface area contributed by atoms with Crippen molar-refractivity contribution in [1.29, 1.82) is 0 Å². The van der Waals surface area contributed by atoms with Gasteiger partial charge in [0.2, 0.25) is 5.16 Å². The largest absolute Gasteiger partial charge is 0.497 e. The van der Waals surface area contributed by atoms with Gasteiger partial charge in [0.25, 0.3) is 5.91 Å². The summed E-state index contributed by atoms with van der Waals surface area (Å²) in [7, 11) is 3.14. The molecule has 162 valence electrons. The van der Waals surface area contributed by atoms with Crippen LogP contribution in [-0.2, 0) is 4.79 Å². The van der Waals surface area contributed by atoms with Crippen LogP contribution in [0.2, 0.25) is 0 Å². The molecule has 1 heterocycles. The maximum atomic E-state index is 12.3. The lowest BCUT2D eigenvalue weighted by Crippen LogP contribution is -2.20. The van der Waals surface area contributed by atoms with Gasteiger partial charge in [-0.1, -0.05) is 48.2 Å². The lowest BCUT2D eigenvalue weighted by molar-refractivity contribution is -0.118. The maximum Gasteiger partial charge on any atom is 0.250 e. The van der Waals surface area contributed by atoms with Gasteiger partial charge in [-0.25, -0.2) is 5.43 Å². The minimum absolute atomic E-state index is 0.0994. The Kier molecular flexibility index (Phi) is 6.61. The fourth-order valence-corrected chi connectivity index (χ4v) is 3.75. The first-order valence-electron chi connectivity index (χ1n) is 9.63. The number of nitrogens with one attached hydrogen (secondary N) is 1. The normalized spacial score (nSPS) is 11.1. The molecule has 0 saturated carbocycles. The Morgan fingerprint density at radius 2 is 1.97 bits per heavy atom. The van der Waals surface area contributed by atoms with Crippen LogP contribution < -0.4 is 14.9 Å². The molecule has 0 unspecified atom stereocenters. The van der Waals surface area contributed by atoms with E-state index in [1.807, 2.05) is 42.5 Å². The van der Waals surface area contributed by atoms with E-state index in [1.54, 1.807) is 37.1 Å². The van der Waals surface area contributed by atoms with Gasteiger partial charge in [0.1, 0.15) is 11.5 Å². The van der Waals surface area contributed by atoms with Crippen LogP contribution in [0, 0.1) is 0 Å². The van der Waals surface area contributed by atoms with E-state index in [9.17, 15) is 4.79 Å². The second-order valence-electron chi connectivity index (χ2n) is 6.56. The van der Waals surface area contributed by atoms with Crippen molar-refractivity contribution in [2.24, 2.45) is 5.10 Å². The number of carbonyl (C=O) groups excluding carboxylic acids is 1. The predicted molar refractivity (Wildman–Crippen MR) is 123 cm³/mol. The first kappa shape index (κ1) is 21.3. The first-order chi connectivity index (χ1) is 15.7. The van der Waals surface area contributed by atoms with Crippen LogP contribution in [0.5, 0.6) is 11.5 Å². The number of hydrogen-bond donors (Lipinski definition) is 1. The Balaban J connectivity index is 1.41. The topological polar surface area (TPSA) is 104 Å². The van der Waals surface area contributed by atoms with E-state index in [0.717, 1.165) is 16.5 Å². The van der Waals surface area contributed by atoms with Crippen molar-refractivity contribution >= 4 is 34.7 Å². The van der Waals surface area contributed by atoms with Crippen molar-refractivity contribution in [3.8, 4) is 17.2 Å². The quantitative estimate of drug-likeness (QED) is 0.251. The molecule has 1 N–H and O–H groups in total. The van der Waals surface area contributed by atoms with Crippen molar-refractivity contribution in [3.63, 3.8) is 0 Å². The van der Waals surface area contributed by atoms with Crippen LogP contribution in [0.15, 0.2) is 70.9 Å². The van der Waals surface area contributed by atoms with Crippen LogP contribution in [-0.4, -0.2) is 52.3 Å². The average molecular weight is 449 g/mol. The van der Waals surface area contributed by atoms with Crippen LogP contribution >= 0.6 is 11.8 Å². The molecule has 0 atom stereocenters.